The Bertz CT molecular complexity index is 1360. The Hall–Kier alpha value is -4.11. The van der Waals surface area contributed by atoms with Crippen molar-refractivity contribution < 1.29 is 9.59 Å². The highest BCUT2D eigenvalue weighted by molar-refractivity contribution is 5.95. The molecule has 0 bridgehead atoms. The lowest BCUT2D eigenvalue weighted by Gasteiger charge is -2.42. The second-order valence-electron chi connectivity index (χ2n) is 10.7. The molecule has 3 aromatic rings. The summed E-state index contributed by atoms with van der Waals surface area (Å²) in [4.78, 5) is 29.3. The van der Waals surface area contributed by atoms with Crippen molar-refractivity contribution in [3.8, 4) is 6.07 Å². The number of nitrogens with one attached hydrogen (secondary N) is 2. The first-order chi connectivity index (χ1) is 18.6. The van der Waals surface area contributed by atoms with Crippen LogP contribution in [-0.4, -0.2) is 29.3 Å². The maximum absolute atomic E-state index is 14.2. The minimum atomic E-state index is -0.217. The van der Waals surface area contributed by atoms with Crippen LogP contribution in [0, 0.1) is 23.2 Å². The van der Waals surface area contributed by atoms with E-state index in [-0.39, 0.29) is 41.8 Å². The molecule has 0 spiro atoms. The van der Waals surface area contributed by atoms with Crippen LogP contribution < -0.4 is 10.6 Å². The predicted molar refractivity (Wildman–Crippen MR) is 146 cm³/mol. The van der Waals surface area contributed by atoms with Crippen LogP contribution in [0.3, 0.4) is 0 Å². The molecule has 1 saturated heterocycles. The summed E-state index contributed by atoms with van der Waals surface area (Å²) in [6, 6.07) is 27.4. The van der Waals surface area contributed by atoms with Crippen LogP contribution in [0.4, 0.5) is 5.69 Å². The zero-order valence-corrected chi connectivity index (χ0v) is 21.3. The van der Waals surface area contributed by atoms with Gasteiger partial charge in [0.1, 0.15) is 0 Å². The Morgan fingerprint density at radius 2 is 1.63 bits per heavy atom. The van der Waals surface area contributed by atoms with Gasteiger partial charge < -0.3 is 15.5 Å². The largest absolute Gasteiger partial charge is 0.378 e. The summed E-state index contributed by atoms with van der Waals surface area (Å²) in [5, 5.41) is 16.2. The first-order valence-electron chi connectivity index (χ1n) is 13.7. The Morgan fingerprint density at radius 3 is 2.42 bits per heavy atom. The van der Waals surface area contributed by atoms with Gasteiger partial charge in [-0.05, 0) is 60.7 Å². The number of hydrogen-bond donors (Lipinski definition) is 2. The molecule has 1 saturated carbocycles. The third-order valence-electron chi connectivity index (χ3n) is 8.58. The first-order valence-corrected chi connectivity index (χ1v) is 13.7. The number of benzene rings is 3. The molecule has 2 N–H and O–H groups in total. The highest BCUT2D eigenvalue weighted by Crippen LogP contribution is 2.51. The van der Waals surface area contributed by atoms with Gasteiger partial charge in [0.15, 0.2) is 0 Å². The van der Waals surface area contributed by atoms with E-state index < -0.39 is 0 Å². The van der Waals surface area contributed by atoms with E-state index in [9.17, 15) is 14.9 Å². The number of anilines is 1. The molecular weight excluding hydrogens is 472 g/mol. The van der Waals surface area contributed by atoms with Crippen LogP contribution in [0.25, 0.3) is 0 Å². The number of likely N-dealkylation sites (tertiary alicyclic amines) is 1. The van der Waals surface area contributed by atoms with Gasteiger partial charge in [-0.2, -0.15) is 5.26 Å². The van der Waals surface area contributed by atoms with Gasteiger partial charge in [-0.15, -0.1) is 0 Å². The third kappa shape index (κ3) is 4.43. The number of amides is 2. The van der Waals surface area contributed by atoms with Gasteiger partial charge in [-0.25, -0.2) is 0 Å². The van der Waals surface area contributed by atoms with E-state index in [4.69, 9.17) is 0 Å². The van der Waals surface area contributed by atoms with Gasteiger partial charge >= 0.3 is 0 Å². The quantitative estimate of drug-likeness (QED) is 0.484. The van der Waals surface area contributed by atoms with E-state index in [1.54, 1.807) is 0 Å². The van der Waals surface area contributed by atoms with E-state index in [1.165, 1.54) is 0 Å². The predicted octanol–water partition coefficient (Wildman–Crippen LogP) is 5.60. The Morgan fingerprint density at radius 1 is 0.895 bits per heavy atom. The molecule has 1 aliphatic carbocycles. The molecule has 2 fully saturated rings. The highest BCUT2D eigenvalue weighted by Gasteiger charge is 2.48. The lowest BCUT2D eigenvalue weighted by molar-refractivity contribution is -0.138. The molecule has 2 amide bonds. The molecule has 2 aliphatic heterocycles. The van der Waals surface area contributed by atoms with Crippen molar-refractivity contribution in [2.24, 2.45) is 11.8 Å². The smallest absolute Gasteiger partial charge is 0.251 e. The molecule has 0 radical (unpaired) electrons. The van der Waals surface area contributed by atoms with Crippen molar-refractivity contribution in [3.05, 3.63) is 101 Å². The highest BCUT2D eigenvalue weighted by atomic mass is 16.2. The molecule has 1 unspecified atom stereocenters. The van der Waals surface area contributed by atoms with Crippen LogP contribution in [-0.2, 0) is 4.79 Å². The number of rotatable bonds is 4. The van der Waals surface area contributed by atoms with Crippen molar-refractivity contribution in [1.29, 1.82) is 5.26 Å². The lowest BCUT2D eigenvalue weighted by atomic mass is 9.79. The normalized spacial score (nSPS) is 25.9. The fourth-order valence-corrected chi connectivity index (χ4v) is 6.72. The second-order valence-corrected chi connectivity index (χ2v) is 10.7. The summed E-state index contributed by atoms with van der Waals surface area (Å²) >= 11 is 0. The minimum absolute atomic E-state index is 0.0204. The van der Waals surface area contributed by atoms with E-state index in [2.05, 4.69) is 33.7 Å². The van der Waals surface area contributed by atoms with Crippen LogP contribution in [0.5, 0.6) is 0 Å². The average Bonchev–Trinajstić information content (AvgIpc) is 3.43. The Balaban J connectivity index is 1.28. The Kier molecular flexibility index (Phi) is 6.59. The number of para-hydroxylation sites is 1. The van der Waals surface area contributed by atoms with E-state index >= 15 is 0 Å². The molecular formula is C32H32N4O2. The fraction of sp³-hybridized carbons (Fsp3) is 0.344. The van der Waals surface area contributed by atoms with Crippen LogP contribution in [0.2, 0.25) is 0 Å². The summed E-state index contributed by atoms with van der Waals surface area (Å²) in [7, 11) is 0. The number of nitrogens with zero attached hydrogens (tertiary/aromatic N) is 2. The zero-order chi connectivity index (χ0) is 26.1. The summed E-state index contributed by atoms with van der Waals surface area (Å²) in [5.41, 5.74) is 4.62. The monoisotopic (exact) mass is 504 g/mol. The number of fused-ring (bicyclic) bond motifs is 3. The minimum Gasteiger partial charge on any atom is -0.378 e. The van der Waals surface area contributed by atoms with E-state index in [1.807, 2.05) is 66.7 Å². The molecule has 6 rings (SSSR count). The first kappa shape index (κ1) is 24.2. The topological polar surface area (TPSA) is 85.2 Å². The number of carbonyl (C=O) groups excluding carboxylic acids is 2. The standard InChI is InChI=1S/C32H32N4O2/c33-20-21-14-16-22(17-15-21)29-26-18-19-36(30(26)24-10-4-6-12-27(24)34-29)32(38)25-11-5-7-13-28(25)35-31(37)23-8-2-1-3-9-23/h1-4,6,8-10,12,14-17,25-26,28-30,34H,5,7,11,13,18-19H2,(H,35,37)/t25-,26-,28?,29+,30+/m0/s1. The third-order valence-corrected chi connectivity index (χ3v) is 8.58. The summed E-state index contributed by atoms with van der Waals surface area (Å²) in [6.07, 6.45) is 4.54. The summed E-state index contributed by atoms with van der Waals surface area (Å²) in [5.74, 6) is 0.0573. The molecule has 2 heterocycles. The van der Waals surface area contributed by atoms with E-state index in [0.717, 1.165) is 48.9 Å². The van der Waals surface area contributed by atoms with Crippen molar-refractivity contribution in [3.63, 3.8) is 0 Å². The average molecular weight is 505 g/mol. The molecule has 6 nitrogen and oxygen atoms in total. The Labute approximate surface area is 223 Å². The number of hydrogen-bond acceptors (Lipinski definition) is 4. The molecule has 38 heavy (non-hydrogen) atoms. The van der Waals surface area contributed by atoms with Crippen LogP contribution in [0.15, 0.2) is 78.9 Å². The van der Waals surface area contributed by atoms with E-state index in [0.29, 0.717) is 17.7 Å². The van der Waals surface area contributed by atoms with Crippen LogP contribution in [0.1, 0.15) is 71.2 Å². The van der Waals surface area contributed by atoms with Gasteiger partial charge in [0, 0.05) is 29.8 Å². The molecule has 5 atom stereocenters. The summed E-state index contributed by atoms with van der Waals surface area (Å²) < 4.78 is 0. The molecule has 3 aromatic carbocycles. The van der Waals surface area contributed by atoms with Gasteiger partial charge in [0.2, 0.25) is 5.91 Å². The SMILES string of the molecule is N#Cc1ccc([C@H]2Nc3ccccc3[C@@H]3[C@H]2CCN3C(=O)[C@H]2CCCCC2NC(=O)c2ccccc2)cc1. The van der Waals surface area contributed by atoms with Crippen molar-refractivity contribution >= 4 is 17.5 Å². The molecule has 3 aliphatic rings. The van der Waals surface area contributed by atoms with Gasteiger partial charge in [-0.1, -0.05) is 61.4 Å². The van der Waals surface area contributed by atoms with Gasteiger partial charge in [0.25, 0.3) is 5.91 Å². The maximum atomic E-state index is 14.2. The van der Waals surface area contributed by atoms with Crippen molar-refractivity contribution in [2.45, 2.75) is 50.2 Å². The number of nitriles is 1. The maximum Gasteiger partial charge on any atom is 0.251 e. The zero-order valence-electron chi connectivity index (χ0n) is 21.3. The van der Waals surface area contributed by atoms with Crippen LogP contribution >= 0.6 is 0 Å². The van der Waals surface area contributed by atoms with Gasteiger partial charge in [0.05, 0.1) is 29.6 Å². The molecule has 6 heteroatoms. The van der Waals surface area contributed by atoms with Crippen molar-refractivity contribution in [2.75, 3.05) is 11.9 Å². The van der Waals surface area contributed by atoms with Crippen molar-refractivity contribution in [1.82, 2.24) is 10.2 Å². The second kappa shape index (κ2) is 10.3. The fourth-order valence-electron chi connectivity index (χ4n) is 6.72. The van der Waals surface area contributed by atoms with Gasteiger partial charge in [-0.3, -0.25) is 9.59 Å². The lowest BCUT2D eigenvalue weighted by Crippen LogP contribution is -2.50. The summed E-state index contributed by atoms with van der Waals surface area (Å²) in [6.45, 7) is 0.701. The molecule has 0 aromatic heterocycles. The number of carbonyl (C=O) groups is 2. The molecule has 192 valence electrons.